The van der Waals surface area contributed by atoms with Crippen LogP contribution in [-0.4, -0.2) is 23.1 Å². The molecule has 0 unspecified atom stereocenters. The van der Waals surface area contributed by atoms with Crippen molar-refractivity contribution in [3.63, 3.8) is 0 Å². The van der Waals surface area contributed by atoms with Crippen molar-refractivity contribution >= 4 is 68.6 Å². The summed E-state index contributed by atoms with van der Waals surface area (Å²) in [6, 6.07) is 30.8. The fourth-order valence-corrected chi connectivity index (χ4v) is 5.61. The maximum absolute atomic E-state index is 13.7. The first-order valence-electron chi connectivity index (χ1n) is 11.8. The number of amides is 2. The van der Waals surface area contributed by atoms with Crippen molar-refractivity contribution in [1.29, 1.82) is 0 Å². The lowest BCUT2D eigenvalue weighted by Gasteiger charge is -2.28. The van der Waals surface area contributed by atoms with Gasteiger partial charge in [-0.2, -0.15) is 0 Å². The Morgan fingerprint density at radius 1 is 0.789 bits per heavy atom. The van der Waals surface area contributed by atoms with Gasteiger partial charge in [-0.15, -0.1) is 0 Å². The Hall–Kier alpha value is -3.32. The van der Waals surface area contributed by atoms with Gasteiger partial charge in [-0.25, -0.2) is 4.79 Å². The van der Waals surface area contributed by atoms with E-state index in [9.17, 15) is 14.7 Å². The van der Waals surface area contributed by atoms with E-state index in [1.54, 1.807) is 17.1 Å². The van der Waals surface area contributed by atoms with Crippen LogP contribution in [0, 0.1) is 7.14 Å². The lowest BCUT2D eigenvalue weighted by molar-refractivity contribution is -0.123. The number of para-hydroxylation sites is 2. The third-order valence-corrected chi connectivity index (χ3v) is 7.23. The number of carbonyl (C=O) groups excluding carboxylic acids is 2. The van der Waals surface area contributed by atoms with E-state index in [-0.39, 0.29) is 18.8 Å². The zero-order valence-electron chi connectivity index (χ0n) is 20.2. The molecule has 4 aromatic carbocycles. The topological polar surface area (TPSA) is 90.9 Å². The van der Waals surface area contributed by atoms with Crippen LogP contribution in [0.15, 0.2) is 103 Å². The first-order chi connectivity index (χ1) is 18.4. The maximum Gasteiger partial charge on any atom is 0.408 e. The molecular weight excluding hydrogens is 708 g/mol. The average molecular weight is 733 g/mol. The first kappa shape index (κ1) is 27.7. The Labute approximate surface area is 248 Å². The van der Waals surface area contributed by atoms with Crippen LogP contribution in [0.2, 0.25) is 0 Å². The van der Waals surface area contributed by atoms with Gasteiger partial charge in [-0.3, -0.25) is 15.2 Å². The minimum atomic E-state index is -0.954. The molecule has 3 N–H and O–H groups in total. The SMILES string of the molecule is O=C(N[C@H](Cc1cc(I)c(O)c(I)c1)C(=O)NN(c1ccccc1)c1ccccc1)OCc1ccccc1. The molecule has 0 fully saturated rings. The number of phenols is 1. The molecule has 0 bridgehead atoms. The molecule has 0 spiro atoms. The largest absolute Gasteiger partial charge is 0.506 e. The smallest absolute Gasteiger partial charge is 0.408 e. The Kier molecular flexibility index (Phi) is 9.82. The van der Waals surface area contributed by atoms with Gasteiger partial charge in [0, 0.05) is 6.42 Å². The number of alkyl carbamates (subject to hydrolysis) is 1. The molecule has 194 valence electrons. The van der Waals surface area contributed by atoms with E-state index in [0.717, 1.165) is 22.5 Å². The minimum absolute atomic E-state index is 0.0795. The molecule has 0 aliphatic heterocycles. The van der Waals surface area contributed by atoms with Crippen molar-refractivity contribution in [1.82, 2.24) is 10.7 Å². The van der Waals surface area contributed by atoms with Gasteiger partial charge in [0.25, 0.3) is 5.91 Å². The highest BCUT2D eigenvalue weighted by atomic mass is 127. The number of hydrogen-bond acceptors (Lipinski definition) is 5. The second-order valence-corrected chi connectivity index (χ2v) is 10.7. The van der Waals surface area contributed by atoms with Crippen molar-refractivity contribution in [3.05, 3.63) is 121 Å². The summed E-state index contributed by atoms with van der Waals surface area (Å²) in [5, 5.41) is 14.6. The van der Waals surface area contributed by atoms with Crippen molar-refractivity contribution in [2.45, 2.75) is 19.1 Å². The van der Waals surface area contributed by atoms with E-state index >= 15 is 0 Å². The number of anilines is 2. The zero-order valence-corrected chi connectivity index (χ0v) is 24.5. The zero-order chi connectivity index (χ0) is 26.9. The van der Waals surface area contributed by atoms with Gasteiger partial charge in [-0.1, -0.05) is 66.7 Å². The maximum atomic E-state index is 13.7. The highest BCUT2D eigenvalue weighted by molar-refractivity contribution is 14.1. The van der Waals surface area contributed by atoms with Crippen LogP contribution in [0.5, 0.6) is 5.75 Å². The Bertz CT molecular complexity index is 1310. The van der Waals surface area contributed by atoms with E-state index in [0.29, 0.717) is 7.14 Å². The average Bonchev–Trinajstić information content (AvgIpc) is 2.94. The summed E-state index contributed by atoms with van der Waals surface area (Å²) < 4.78 is 6.72. The molecule has 4 rings (SSSR count). The third-order valence-electron chi connectivity index (χ3n) is 5.59. The molecule has 38 heavy (non-hydrogen) atoms. The summed E-state index contributed by atoms with van der Waals surface area (Å²) in [5.74, 6) is -0.238. The number of aromatic hydroxyl groups is 1. The van der Waals surface area contributed by atoms with Crippen molar-refractivity contribution in [2.75, 3.05) is 5.01 Å². The normalized spacial score (nSPS) is 11.3. The van der Waals surface area contributed by atoms with E-state index < -0.39 is 18.0 Å². The fourth-order valence-electron chi connectivity index (χ4n) is 3.71. The van der Waals surface area contributed by atoms with Gasteiger partial charge in [0.05, 0.1) is 18.5 Å². The number of hydrogen-bond donors (Lipinski definition) is 3. The summed E-state index contributed by atoms with van der Waals surface area (Å²) in [7, 11) is 0. The number of halogens is 2. The lowest BCUT2D eigenvalue weighted by Crippen LogP contribution is -2.52. The van der Waals surface area contributed by atoms with Crippen LogP contribution < -0.4 is 15.8 Å². The van der Waals surface area contributed by atoms with Gasteiger partial charge in [0.1, 0.15) is 18.4 Å². The van der Waals surface area contributed by atoms with Gasteiger partial charge in [0.15, 0.2) is 0 Å². The monoisotopic (exact) mass is 733 g/mol. The van der Waals surface area contributed by atoms with Gasteiger partial charge < -0.3 is 15.2 Å². The lowest BCUT2D eigenvalue weighted by atomic mass is 10.1. The number of nitrogens with one attached hydrogen (secondary N) is 2. The molecule has 0 radical (unpaired) electrons. The van der Waals surface area contributed by atoms with E-state index in [4.69, 9.17) is 4.74 Å². The van der Waals surface area contributed by atoms with Gasteiger partial charge in [-0.05, 0) is 92.7 Å². The van der Waals surface area contributed by atoms with Crippen LogP contribution in [-0.2, 0) is 22.6 Å². The van der Waals surface area contributed by atoms with Gasteiger partial charge >= 0.3 is 6.09 Å². The molecule has 0 aromatic heterocycles. The molecule has 9 heteroatoms. The van der Waals surface area contributed by atoms with Crippen LogP contribution in [0.3, 0.4) is 0 Å². The highest BCUT2D eigenvalue weighted by Crippen LogP contribution is 2.28. The number of phenolic OH excluding ortho intramolecular Hbond substituents is 1. The summed E-state index contributed by atoms with van der Waals surface area (Å²) >= 11 is 4.09. The number of benzene rings is 4. The molecular formula is C29H25I2N3O4. The summed E-state index contributed by atoms with van der Waals surface area (Å²) in [6.45, 7) is 0.0795. The summed E-state index contributed by atoms with van der Waals surface area (Å²) in [4.78, 5) is 26.4. The standard InChI is InChI=1S/C29H25I2N3O4/c30-24-16-21(17-25(31)27(24)35)18-26(32-29(37)38-19-20-10-4-1-5-11-20)28(36)33-34(22-12-6-2-7-13-22)23-14-8-3-9-15-23/h1-17,26,35H,18-19H2,(H,32,37)(H,33,36)/t26-/m1/s1. The number of ether oxygens (including phenoxy) is 1. The van der Waals surface area contributed by atoms with Crippen LogP contribution in [0.1, 0.15) is 11.1 Å². The van der Waals surface area contributed by atoms with Crippen molar-refractivity contribution in [2.24, 2.45) is 0 Å². The van der Waals surface area contributed by atoms with Crippen LogP contribution >= 0.6 is 45.2 Å². The van der Waals surface area contributed by atoms with E-state index in [1.165, 1.54) is 0 Å². The molecule has 0 aliphatic rings. The van der Waals surface area contributed by atoms with E-state index in [2.05, 4.69) is 10.7 Å². The number of carbonyl (C=O) groups is 2. The number of rotatable bonds is 9. The fraction of sp³-hybridized carbons (Fsp3) is 0.103. The second kappa shape index (κ2) is 13.5. The third kappa shape index (κ3) is 7.60. The predicted octanol–water partition coefficient (Wildman–Crippen LogP) is 6.31. The molecule has 0 saturated heterocycles. The quantitative estimate of drug-likeness (QED) is 0.139. The molecule has 2 amide bonds. The molecule has 4 aromatic rings. The Balaban J connectivity index is 1.57. The first-order valence-corrected chi connectivity index (χ1v) is 13.9. The van der Waals surface area contributed by atoms with Crippen molar-refractivity contribution in [3.8, 4) is 5.75 Å². The minimum Gasteiger partial charge on any atom is -0.506 e. The molecule has 0 heterocycles. The number of hydrazine groups is 1. The van der Waals surface area contributed by atoms with E-state index in [1.807, 2.05) is 136 Å². The van der Waals surface area contributed by atoms with Gasteiger partial charge in [0.2, 0.25) is 0 Å². The Morgan fingerprint density at radius 3 is 1.82 bits per heavy atom. The van der Waals surface area contributed by atoms with Crippen molar-refractivity contribution < 1.29 is 19.4 Å². The Morgan fingerprint density at radius 2 is 1.29 bits per heavy atom. The molecule has 7 nitrogen and oxygen atoms in total. The number of nitrogens with zero attached hydrogens (tertiary/aromatic N) is 1. The molecule has 0 aliphatic carbocycles. The second-order valence-electron chi connectivity index (χ2n) is 8.35. The van der Waals surface area contributed by atoms with Crippen LogP contribution in [0.4, 0.5) is 16.2 Å². The summed E-state index contributed by atoms with van der Waals surface area (Å²) in [5.41, 5.74) is 6.09. The highest BCUT2D eigenvalue weighted by Gasteiger charge is 2.25. The summed E-state index contributed by atoms with van der Waals surface area (Å²) in [6.07, 6.45) is -0.515. The molecule has 0 saturated carbocycles. The molecule has 1 atom stereocenters. The van der Waals surface area contributed by atoms with Crippen LogP contribution in [0.25, 0.3) is 0 Å². The predicted molar refractivity (Wildman–Crippen MR) is 164 cm³/mol.